The monoisotopic (exact) mass is 518 g/mol. The SMILES string of the molecule is CCc1[cH-]c2cccc(CC)c2c1[Si](C)(C)c1c(CC)[cH-]c2cccc(CC)c12.[CH3-].[CH3-].[Zr+4]. The fraction of sp³-hybridized carbons (Fsp3) is 0.333. The molecule has 32 heavy (non-hydrogen) atoms. The van der Waals surface area contributed by atoms with Gasteiger partial charge in [-0.1, -0.05) is 64.0 Å². The molecule has 0 N–H and O–H groups in total. The van der Waals surface area contributed by atoms with Gasteiger partial charge in [-0.25, -0.2) is 0 Å². The van der Waals surface area contributed by atoms with E-state index >= 15 is 0 Å². The molecule has 4 rings (SSSR count). The molecule has 4 aromatic carbocycles. The predicted octanol–water partition coefficient (Wildman–Crippen LogP) is 7.40. The second-order valence-electron chi connectivity index (χ2n) is 8.89. The minimum absolute atomic E-state index is 0. The summed E-state index contributed by atoms with van der Waals surface area (Å²) in [5, 5.41) is 9.41. The third kappa shape index (κ3) is 4.43. The van der Waals surface area contributed by atoms with E-state index < -0.39 is 8.07 Å². The van der Waals surface area contributed by atoms with Crippen molar-refractivity contribution in [2.75, 3.05) is 0 Å². The molecular weight excluding hydrogens is 480 g/mol. The molecule has 0 radical (unpaired) electrons. The first-order chi connectivity index (χ1) is 14.0. The van der Waals surface area contributed by atoms with Crippen LogP contribution in [0.3, 0.4) is 0 Å². The van der Waals surface area contributed by atoms with Gasteiger partial charge in [0.2, 0.25) is 0 Å². The zero-order valence-corrected chi connectivity index (χ0v) is 24.9. The van der Waals surface area contributed by atoms with Crippen LogP contribution >= 0.6 is 0 Å². The molecule has 0 bridgehead atoms. The van der Waals surface area contributed by atoms with Gasteiger partial charge in [0.05, 0.1) is 0 Å². The van der Waals surface area contributed by atoms with Crippen LogP contribution in [0, 0.1) is 14.9 Å². The average Bonchev–Trinajstić information content (AvgIpc) is 3.32. The van der Waals surface area contributed by atoms with Crippen LogP contribution in [0.2, 0.25) is 13.1 Å². The zero-order chi connectivity index (χ0) is 20.8. The van der Waals surface area contributed by atoms with Crippen LogP contribution in [0.25, 0.3) is 21.5 Å². The summed E-state index contributed by atoms with van der Waals surface area (Å²) in [5.74, 6) is 0. The summed E-state index contributed by atoms with van der Waals surface area (Å²) in [6.45, 7) is 14.5. The van der Waals surface area contributed by atoms with E-state index in [1.165, 1.54) is 21.9 Å². The number of hydrogen-bond acceptors (Lipinski definition) is 0. The maximum absolute atomic E-state index is 2.60. The molecule has 0 saturated carbocycles. The van der Waals surface area contributed by atoms with Crippen LogP contribution in [0.1, 0.15) is 49.9 Å². The summed E-state index contributed by atoms with van der Waals surface area (Å²) < 4.78 is 0. The van der Waals surface area contributed by atoms with Gasteiger partial charge in [0, 0.05) is 8.07 Å². The standard InChI is InChI=1S/C28H34Si.2CH3.Zr/c1-7-19-13-11-15-23-17-21(9-3)27(25(19)23)29(5,6)28-22(10-4)18-24-16-12-14-20(8-2)26(24)28;;;/h11-18H,7-10H2,1-6H3;2*1H3;/q-2;2*-1;+4. The fourth-order valence-electron chi connectivity index (χ4n) is 5.63. The fourth-order valence-corrected chi connectivity index (χ4v) is 9.84. The average molecular weight is 520 g/mol. The topological polar surface area (TPSA) is 0 Å². The Morgan fingerprint density at radius 2 is 1.00 bits per heavy atom. The van der Waals surface area contributed by atoms with Crippen LogP contribution in [-0.4, -0.2) is 8.07 Å². The number of rotatable bonds is 6. The minimum Gasteiger partial charge on any atom is -0.358 e. The molecule has 2 heteroatoms. The van der Waals surface area contributed by atoms with Gasteiger partial charge in [-0.05, 0) is 25.7 Å². The van der Waals surface area contributed by atoms with E-state index in [9.17, 15) is 0 Å². The van der Waals surface area contributed by atoms with Crippen LogP contribution in [-0.2, 0) is 51.9 Å². The molecule has 0 aliphatic carbocycles. The summed E-state index contributed by atoms with van der Waals surface area (Å²) in [5.41, 5.74) is 6.18. The van der Waals surface area contributed by atoms with Gasteiger partial charge in [0.25, 0.3) is 0 Å². The van der Waals surface area contributed by atoms with E-state index in [4.69, 9.17) is 0 Å². The van der Waals surface area contributed by atoms with E-state index in [0.717, 1.165) is 25.7 Å². The molecule has 0 aliphatic rings. The van der Waals surface area contributed by atoms with Crippen molar-refractivity contribution in [3.63, 3.8) is 0 Å². The number of aryl methyl sites for hydroxylation is 4. The molecule has 0 nitrogen and oxygen atoms in total. The van der Waals surface area contributed by atoms with Crippen molar-refractivity contribution >= 4 is 40.0 Å². The Morgan fingerprint density at radius 3 is 1.31 bits per heavy atom. The van der Waals surface area contributed by atoms with Crippen molar-refractivity contribution in [2.45, 2.75) is 66.5 Å². The van der Waals surface area contributed by atoms with Gasteiger partial charge in [-0.15, -0.1) is 69.1 Å². The molecule has 4 aromatic rings. The Bertz CT molecular complexity index is 1080. The summed E-state index contributed by atoms with van der Waals surface area (Å²) in [7, 11) is -1.91. The number of benzene rings is 2. The van der Waals surface area contributed by atoms with E-state index in [1.54, 1.807) is 32.3 Å². The van der Waals surface area contributed by atoms with E-state index in [2.05, 4.69) is 89.3 Å². The first kappa shape index (κ1) is 28.8. The Hall–Kier alpha value is -1.24. The smallest absolute Gasteiger partial charge is 0.358 e. The second kappa shape index (κ2) is 11.3. The van der Waals surface area contributed by atoms with Crippen LogP contribution in [0.15, 0.2) is 48.5 Å². The summed E-state index contributed by atoms with van der Waals surface area (Å²) in [6, 6.07) is 18.8. The second-order valence-corrected chi connectivity index (χ2v) is 13.1. The summed E-state index contributed by atoms with van der Waals surface area (Å²) in [6.07, 6.45) is 4.43. The van der Waals surface area contributed by atoms with Crippen molar-refractivity contribution < 1.29 is 26.2 Å². The van der Waals surface area contributed by atoms with Crippen LogP contribution in [0.5, 0.6) is 0 Å². The van der Waals surface area contributed by atoms with Crippen molar-refractivity contribution in [1.82, 2.24) is 0 Å². The zero-order valence-electron chi connectivity index (χ0n) is 21.4. The maximum atomic E-state index is 2.60. The Balaban J connectivity index is 0.00000171. The number of fused-ring (bicyclic) bond motifs is 2. The molecule has 0 aromatic heterocycles. The molecule has 0 saturated heterocycles. The predicted molar refractivity (Wildman–Crippen MR) is 146 cm³/mol. The molecule has 0 aliphatic heterocycles. The van der Waals surface area contributed by atoms with Crippen LogP contribution < -0.4 is 10.4 Å². The van der Waals surface area contributed by atoms with Crippen molar-refractivity contribution in [1.29, 1.82) is 0 Å². The van der Waals surface area contributed by atoms with Gasteiger partial charge >= 0.3 is 26.2 Å². The van der Waals surface area contributed by atoms with E-state index in [-0.39, 0.29) is 41.1 Å². The van der Waals surface area contributed by atoms with E-state index in [1.807, 2.05) is 0 Å². The molecule has 0 heterocycles. The normalized spacial score (nSPS) is 11.2. The molecule has 0 atom stereocenters. The third-order valence-electron chi connectivity index (χ3n) is 6.94. The largest absolute Gasteiger partial charge is 4.00 e. The third-order valence-corrected chi connectivity index (χ3v) is 10.6. The molecule has 0 amide bonds. The van der Waals surface area contributed by atoms with Gasteiger partial charge in [-0.2, -0.15) is 10.4 Å². The van der Waals surface area contributed by atoms with Crippen LogP contribution in [0.4, 0.5) is 0 Å². The summed E-state index contributed by atoms with van der Waals surface area (Å²) in [4.78, 5) is 0. The molecular formula is C30H40SiZr. The molecule has 0 fully saturated rings. The van der Waals surface area contributed by atoms with Gasteiger partial charge in [-0.3, -0.25) is 0 Å². The van der Waals surface area contributed by atoms with Crippen molar-refractivity contribution in [2.24, 2.45) is 0 Å². The Labute approximate surface area is 217 Å². The molecule has 0 unspecified atom stereocenters. The molecule has 168 valence electrons. The minimum atomic E-state index is -1.91. The Kier molecular flexibility index (Phi) is 10.1. The summed E-state index contributed by atoms with van der Waals surface area (Å²) >= 11 is 0. The quantitative estimate of drug-likeness (QED) is 0.184. The maximum Gasteiger partial charge on any atom is 4.00 e. The Morgan fingerprint density at radius 1 is 0.625 bits per heavy atom. The van der Waals surface area contributed by atoms with E-state index in [0.29, 0.717) is 0 Å². The first-order valence-corrected chi connectivity index (χ1v) is 14.4. The van der Waals surface area contributed by atoms with Gasteiger partial charge in [0.1, 0.15) is 0 Å². The first-order valence-electron chi connectivity index (χ1n) is 11.4. The van der Waals surface area contributed by atoms with Crippen molar-refractivity contribution in [3.05, 3.63) is 85.6 Å². The molecule has 0 spiro atoms. The van der Waals surface area contributed by atoms with Crippen molar-refractivity contribution in [3.8, 4) is 0 Å². The number of hydrogen-bond donors (Lipinski definition) is 0. The van der Waals surface area contributed by atoms with Gasteiger partial charge in [0.15, 0.2) is 0 Å². The van der Waals surface area contributed by atoms with Gasteiger partial charge < -0.3 is 14.9 Å².